The third-order valence-corrected chi connectivity index (χ3v) is 8.47. The lowest BCUT2D eigenvalue weighted by Gasteiger charge is -2.36. The van der Waals surface area contributed by atoms with E-state index in [1.165, 1.54) is 27.6 Å². The number of sulfonamides is 1. The molecule has 0 spiro atoms. The van der Waals surface area contributed by atoms with Gasteiger partial charge in [-0.15, -0.1) is 0 Å². The van der Waals surface area contributed by atoms with Gasteiger partial charge in [0.25, 0.3) is 0 Å². The molecule has 0 atom stereocenters. The molecule has 33 heavy (non-hydrogen) atoms. The minimum Gasteiger partial charge on any atom is -0.354 e. The van der Waals surface area contributed by atoms with Gasteiger partial charge >= 0.3 is 0 Å². The summed E-state index contributed by atoms with van der Waals surface area (Å²) in [6.45, 7) is 7.66. The van der Waals surface area contributed by atoms with Crippen molar-refractivity contribution < 1.29 is 8.42 Å². The molecule has 3 aromatic rings. The lowest BCUT2D eigenvalue weighted by molar-refractivity contribution is 0.383. The third kappa shape index (κ3) is 5.17. The molecule has 0 unspecified atom stereocenters. The van der Waals surface area contributed by atoms with Gasteiger partial charge in [-0.05, 0) is 44.5 Å². The van der Waals surface area contributed by atoms with Crippen LogP contribution in [0.15, 0.2) is 47.4 Å². The number of benzene rings is 2. The van der Waals surface area contributed by atoms with Crippen LogP contribution in [0.2, 0.25) is 10.0 Å². The van der Waals surface area contributed by atoms with Crippen molar-refractivity contribution in [3.63, 3.8) is 0 Å². The van der Waals surface area contributed by atoms with Crippen LogP contribution in [0.1, 0.15) is 28.2 Å². The van der Waals surface area contributed by atoms with Crippen LogP contribution in [0.4, 0.5) is 5.82 Å². The van der Waals surface area contributed by atoms with Crippen LogP contribution >= 0.6 is 23.2 Å². The highest BCUT2D eigenvalue weighted by molar-refractivity contribution is 7.89. The molecule has 1 saturated heterocycles. The molecule has 6 nitrogen and oxygen atoms in total. The van der Waals surface area contributed by atoms with E-state index in [4.69, 9.17) is 28.2 Å². The fourth-order valence-corrected chi connectivity index (χ4v) is 6.21. The first-order valence-electron chi connectivity index (χ1n) is 10.7. The van der Waals surface area contributed by atoms with Gasteiger partial charge in [0.2, 0.25) is 10.0 Å². The highest BCUT2D eigenvalue weighted by atomic mass is 35.5. The number of hydrogen-bond donors (Lipinski definition) is 0. The normalized spacial score (nSPS) is 15.1. The summed E-state index contributed by atoms with van der Waals surface area (Å²) in [4.78, 5) is 11.5. The van der Waals surface area contributed by atoms with Crippen LogP contribution < -0.4 is 4.90 Å². The van der Waals surface area contributed by atoms with Crippen LogP contribution in [-0.4, -0.2) is 48.9 Å². The maximum absolute atomic E-state index is 13.2. The number of aryl methyl sites for hydroxylation is 3. The second kappa shape index (κ2) is 9.58. The van der Waals surface area contributed by atoms with E-state index >= 15 is 0 Å². The molecule has 0 N–H and O–H groups in total. The largest absolute Gasteiger partial charge is 0.354 e. The predicted molar refractivity (Wildman–Crippen MR) is 133 cm³/mol. The monoisotopic (exact) mass is 504 g/mol. The molecule has 0 saturated carbocycles. The Balaban J connectivity index is 1.57. The Morgan fingerprint density at radius 3 is 2.24 bits per heavy atom. The first kappa shape index (κ1) is 24.0. The van der Waals surface area contributed by atoms with Crippen molar-refractivity contribution in [1.29, 1.82) is 0 Å². The molecule has 2 aromatic carbocycles. The second-order valence-electron chi connectivity index (χ2n) is 8.29. The fraction of sp³-hybridized carbons (Fsp3) is 0.333. The van der Waals surface area contributed by atoms with Crippen molar-refractivity contribution in [3.05, 3.63) is 80.7 Å². The summed E-state index contributed by atoms with van der Waals surface area (Å²) in [5, 5.41) is 0.508. The summed E-state index contributed by atoms with van der Waals surface area (Å²) >= 11 is 12.2. The smallest absolute Gasteiger partial charge is 0.244 e. The Morgan fingerprint density at radius 1 is 0.909 bits per heavy atom. The molecule has 0 aliphatic carbocycles. The van der Waals surface area contributed by atoms with Crippen LogP contribution in [0.5, 0.6) is 0 Å². The van der Waals surface area contributed by atoms with Crippen molar-refractivity contribution in [2.45, 2.75) is 32.1 Å². The van der Waals surface area contributed by atoms with Gasteiger partial charge in [0.05, 0.1) is 5.02 Å². The molecule has 1 aliphatic heterocycles. The number of halogens is 2. The van der Waals surface area contributed by atoms with Gasteiger partial charge in [0.1, 0.15) is 16.5 Å². The molecule has 174 valence electrons. The number of nitrogens with zero attached hydrogens (tertiary/aromatic N) is 4. The summed E-state index contributed by atoms with van der Waals surface area (Å²) in [7, 11) is -3.74. The number of piperazine rings is 1. The standard InChI is InChI=1S/C24H26Cl2N4O2S/c1-16-4-6-19(7-5-16)14-21-17(2)27-18(3)28-24(21)29-10-12-30(13-11-29)33(31,32)23-15-20(25)8-9-22(23)26/h4-9,15H,10-14H2,1-3H3. The minimum atomic E-state index is -3.74. The lowest BCUT2D eigenvalue weighted by atomic mass is 10.0. The van der Waals surface area contributed by atoms with E-state index in [1.807, 2.05) is 13.8 Å². The first-order chi connectivity index (χ1) is 15.6. The van der Waals surface area contributed by atoms with Gasteiger partial charge in [-0.2, -0.15) is 4.31 Å². The van der Waals surface area contributed by atoms with Crippen LogP contribution in [0, 0.1) is 20.8 Å². The summed E-state index contributed by atoms with van der Waals surface area (Å²) in [6.07, 6.45) is 0.721. The van der Waals surface area contributed by atoms with Gasteiger partial charge in [0, 0.05) is 48.9 Å². The van der Waals surface area contributed by atoms with E-state index in [2.05, 4.69) is 41.1 Å². The number of aromatic nitrogens is 2. The van der Waals surface area contributed by atoms with Gasteiger partial charge in [0.15, 0.2) is 0 Å². The summed E-state index contributed by atoms with van der Waals surface area (Å²) < 4.78 is 27.8. The maximum atomic E-state index is 13.2. The highest BCUT2D eigenvalue weighted by Crippen LogP contribution is 2.30. The summed E-state index contributed by atoms with van der Waals surface area (Å²) in [5.74, 6) is 1.58. The Bertz CT molecular complexity index is 1270. The third-order valence-electron chi connectivity index (χ3n) is 5.85. The average molecular weight is 505 g/mol. The van der Waals surface area contributed by atoms with Crippen molar-refractivity contribution >= 4 is 39.0 Å². The van der Waals surface area contributed by atoms with Crippen LogP contribution in [0.3, 0.4) is 0 Å². The molecule has 9 heteroatoms. The molecular weight excluding hydrogens is 479 g/mol. The Hall–Kier alpha value is -2.19. The first-order valence-corrected chi connectivity index (χ1v) is 12.9. The molecule has 0 radical (unpaired) electrons. The zero-order chi connectivity index (χ0) is 23.8. The zero-order valence-corrected chi connectivity index (χ0v) is 21.2. The van der Waals surface area contributed by atoms with E-state index < -0.39 is 10.0 Å². The molecule has 4 rings (SSSR count). The van der Waals surface area contributed by atoms with Crippen molar-refractivity contribution in [3.8, 4) is 0 Å². The molecule has 1 aliphatic rings. The predicted octanol–water partition coefficient (Wildman–Crippen LogP) is 4.81. The zero-order valence-electron chi connectivity index (χ0n) is 18.8. The van der Waals surface area contributed by atoms with E-state index in [-0.39, 0.29) is 9.92 Å². The van der Waals surface area contributed by atoms with Gasteiger partial charge < -0.3 is 4.90 Å². The number of rotatable bonds is 5. The Kier molecular flexibility index (Phi) is 6.96. The van der Waals surface area contributed by atoms with E-state index in [0.717, 1.165) is 23.5 Å². The van der Waals surface area contributed by atoms with E-state index in [9.17, 15) is 8.42 Å². The van der Waals surface area contributed by atoms with Gasteiger partial charge in [-0.3, -0.25) is 0 Å². The maximum Gasteiger partial charge on any atom is 0.244 e. The highest BCUT2D eigenvalue weighted by Gasteiger charge is 2.31. The van der Waals surface area contributed by atoms with Gasteiger partial charge in [-0.1, -0.05) is 53.0 Å². The molecule has 2 heterocycles. The van der Waals surface area contributed by atoms with Crippen molar-refractivity contribution in [2.24, 2.45) is 0 Å². The molecule has 0 amide bonds. The Labute approximate surface area is 205 Å². The van der Waals surface area contributed by atoms with Crippen LogP contribution in [0.25, 0.3) is 0 Å². The summed E-state index contributed by atoms with van der Waals surface area (Å²) in [6, 6.07) is 12.9. The van der Waals surface area contributed by atoms with Crippen molar-refractivity contribution in [2.75, 3.05) is 31.1 Å². The molecule has 1 fully saturated rings. The summed E-state index contributed by atoms with van der Waals surface area (Å²) in [5.41, 5.74) is 4.42. The lowest BCUT2D eigenvalue weighted by Crippen LogP contribution is -2.49. The quantitative estimate of drug-likeness (QED) is 0.498. The molecule has 1 aromatic heterocycles. The minimum absolute atomic E-state index is 0.0406. The Morgan fingerprint density at radius 2 is 1.58 bits per heavy atom. The SMILES string of the molecule is Cc1ccc(Cc2c(C)nc(C)nc2N2CCN(S(=O)(=O)c3cc(Cl)ccc3Cl)CC2)cc1. The number of hydrogen-bond acceptors (Lipinski definition) is 5. The second-order valence-corrected chi connectivity index (χ2v) is 11.0. The molecular formula is C24H26Cl2N4O2S. The number of anilines is 1. The average Bonchev–Trinajstić information content (AvgIpc) is 2.78. The van der Waals surface area contributed by atoms with Crippen molar-refractivity contribution in [1.82, 2.24) is 14.3 Å². The van der Waals surface area contributed by atoms with E-state index in [0.29, 0.717) is 37.0 Å². The van der Waals surface area contributed by atoms with Gasteiger partial charge in [-0.25, -0.2) is 18.4 Å². The van der Waals surface area contributed by atoms with Crippen LogP contribution in [-0.2, 0) is 16.4 Å². The molecule has 0 bridgehead atoms. The topological polar surface area (TPSA) is 66.4 Å². The van der Waals surface area contributed by atoms with E-state index in [1.54, 1.807) is 6.07 Å². The fourth-order valence-electron chi connectivity index (χ4n) is 4.05.